The molecule has 0 aliphatic rings. The van der Waals surface area contributed by atoms with Crippen molar-refractivity contribution in [3.05, 3.63) is 51.5 Å². The number of benzene rings is 1. The molecule has 1 aromatic carbocycles. The molecule has 2 aromatic rings. The van der Waals surface area contributed by atoms with Crippen LogP contribution in [-0.4, -0.2) is 22.0 Å². The summed E-state index contributed by atoms with van der Waals surface area (Å²) >= 11 is 11.4. The van der Waals surface area contributed by atoms with Crippen molar-refractivity contribution in [1.29, 1.82) is 0 Å². The number of rotatable bonds is 3. The van der Waals surface area contributed by atoms with E-state index < -0.39 is 17.7 Å². The van der Waals surface area contributed by atoms with Gasteiger partial charge in [-0.05, 0) is 24.3 Å². The predicted molar refractivity (Wildman–Crippen MR) is 72.1 cm³/mol. The lowest BCUT2D eigenvalue weighted by atomic mass is 10.1. The van der Waals surface area contributed by atoms with E-state index in [0.29, 0.717) is 0 Å². The molecule has 0 unspecified atom stereocenters. The average molecular weight is 317 g/mol. The molecule has 8 heteroatoms. The molecule has 1 heterocycles. The lowest BCUT2D eigenvalue weighted by molar-refractivity contribution is 0.0697. The van der Waals surface area contributed by atoms with Gasteiger partial charge in [-0.2, -0.15) is 0 Å². The van der Waals surface area contributed by atoms with Crippen molar-refractivity contribution in [2.75, 3.05) is 5.32 Å². The SMILES string of the molecule is O=C(Nc1ccc(F)cc1C(=O)O)c1cc(Cl)c(Cl)[nH]1. The van der Waals surface area contributed by atoms with E-state index in [1.807, 2.05) is 0 Å². The number of aromatic amines is 1. The third kappa shape index (κ3) is 2.92. The Morgan fingerprint density at radius 3 is 2.50 bits per heavy atom. The predicted octanol–water partition coefficient (Wildman–Crippen LogP) is 3.41. The monoisotopic (exact) mass is 316 g/mol. The number of hydrogen-bond acceptors (Lipinski definition) is 2. The molecule has 1 amide bonds. The number of carbonyl (C=O) groups is 2. The van der Waals surface area contributed by atoms with Crippen LogP contribution in [-0.2, 0) is 0 Å². The second-order valence-corrected chi connectivity index (χ2v) is 4.58. The normalized spacial score (nSPS) is 10.3. The molecule has 0 radical (unpaired) electrons. The van der Waals surface area contributed by atoms with Gasteiger partial charge in [-0.1, -0.05) is 23.2 Å². The van der Waals surface area contributed by atoms with Crippen molar-refractivity contribution in [1.82, 2.24) is 4.98 Å². The summed E-state index contributed by atoms with van der Waals surface area (Å²) in [5.41, 5.74) is -0.339. The molecule has 0 bridgehead atoms. The second kappa shape index (κ2) is 5.52. The first kappa shape index (κ1) is 14.4. The summed E-state index contributed by atoms with van der Waals surface area (Å²) in [6, 6.07) is 4.30. The molecule has 104 valence electrons. The van der Waals surface area contributed by atoms with Crippen molar-refractivity contribution in [2.45, 2.75) is 0 Å². The van der Waals surface area contributed by atoms with Crippen molar-refractivity contribution in [2.24, 2.45) is 0 Å². The Kier molecular flexibility index (Phi) is 3.96. The van der Waals surface area contributed by atoms with Gasteiger partial charge in [0, 0.05) is 0 Å². The Morgan fingerprint density at radius 1 is 1.25 bits per heavy atom. The molecule has 0 atom stereocenters. The van der Waals surface area contributed by atoms with E-state index in [1.54, 1.807) is 0 Å². The summed E-state index contributed by atoms with van der Waals surface area (Å²) in [5.74, 6) is -2.72. The van der Waals surface area contributed by atoms with Gasteiger partial charge >= 0.3 is 5.97 Å². The Labute approximate surface area is 122 Å². The molecule has 3 N–H and O–H groups in total. The van der Waals surface area contributed by atoms with Crippen LogP contribution in [0.15, 0.2) is 24.3 Å². The van der Waals surface area contributed by atoms with Gasteiger partial charge in [0.25, 0.3) is 5.91 Å². The summed E-state index contributed by atoms with van der Waals surface area (Å²) in [5, 5.41) is 11.5. The van der Waals surface area contributed by atoms with Crippen molar-refractivity contribution in [3.8, 4) is 0 Å². The van der Waals surface area contributed by atoms with Gasteiger partial charge in [0.15, 0.2) is 0 Å². The maximum absolute atomic E-state index is 13.0. The van der Waals surface area contributed by atoms with Gasteiger partial charge in [-0.15, -0.1) is 0 Å². The minimum atomic E-state index is -1.36. The second-order valence-electron chi connectivity index (χ2n) is 3.79. The molecule has 0 fully saturated rings. The number of carboxylic acid groups (broad SMARTS) is 1. The van der Waals surface area contributed by atoms with Crippen LogP contribution in [0.25, 0.3) is 0 Å². The quantitative estimate of drug-likeness (QED) is 0.811. The van der Waals surface area contributed by atoms with E-state index >= 15 is 0 Å². The minimum absolute atomic E-state index is 0.0363. The number of anilines is 1. The molecule has 2 rings (SSSR count). The summed E-state index contributed by atoms with van der Waals surface area (Å²) in [7, 11) is 0. The molecule has 0 saturated carbocycles. The van der Waals surface area contributed by atoms with Crippen LogP contribution >= 0.6 is 23.2 Å². The van der Waals surface area contributed by atoms with Crippen LogP contribution in [0.2, 0.25) is 10.2 Å². The zero-order valence-electron chi connectivity index (χ0n) is 9.71. The summed E-state index contributed by atoms with van der Waals surface area (Å²) in [4.78, 5) is 25.4. The third-order valence-corrected chi connectivity index (χ3v) is 3.12. The molecule has 5 nitrogen and oxygen atoms in total. The first-order chi connectivity index (χ1) is 9.38. The number of carboxylic acids is 1. The zero-order chi connectivity index (χ0) is 14.9. The van der Waals surface area contributed by atoms with E-state index in [4.69, 9.17) is 28.3 Å². The van der Waals surface area contributed by atoms with Crippen molar-refractivity contribution < 1.29 is 19.1 Å². The number of hydrogen-bond donors (Lipinski definition) is 3. The third-order valence-electron chi connectivity index (χ3n) is 2.43. The smallest absolute Gasteiger partial charge is 0.337 e. The molecule has 0 spiro atoms. The number of halogens is 3. The fraction of sp³-hybridized carbons (Fsp3) is 0. The van der Waals surface area contributed by atoms with Crippen molar-refractivity contribution in [3.63, 3.8) is 0 Å². The van der Waals surface area contributed by atoms with Crippen LogP contribution in [0.5, 0.6) is 0 Å². The number of aromatic carboxylic acids is 1. The van der Waals surface area contributed by atoms with E-state index in [2.05, 4.69) is 10.3 Å². The summed E-state index contributed by atoms with van der Waals surface area (Å²) in [6.45, 7) is 0. The highest BCUT2D eigenvalue weighted by molar-refractivity contribution is 6.41. The summed E-state index contributed by atoms with van der Waals surface area (Å²) in [6.07, 6.45) is 0. The molecule has 1 aromatic heterocycles. The van der Waals surface area contributed by atoms with Gasteiger partial charge < -0.3 is 15.4 Å². The first-order valence-corrected chi connectivity index (χ1v) is 6.02. The highest BCUT2D eigenvalue weighted by Crippen LogP contribution is 2.23. The maximum Gasteiger partial charge on any atom is 0.337 e. The molecule has 0 saturated heterocycles. The van der Waals surface area contributed by atoms with Crippen LogP contribution < -0.4 is 5.32 Å². The van der Waals surface area contributed by atoms with E-state index in [0.717, 1.165) is 18.2 Å². The molecule has 0 aliphatic carbocycles. The van der Waals surface area contributed by atoms with Crippen LogP contribution in [0.4, 0.5) is 10.1 Å². The topological polar surface area (TPSA) is 82.2 Å². The molecule has 0 aliphatic heterocycles. The van der Waals surface area contributed by atoms with Crippen LogP contribution in [0, 0.1) is 5.82 Å². The van der Waals surface area contributed by atoms with Crippen LogP contribution in [0.3, 0.4) is 0 Å². The average Bonchev–Trinajstić information content (AvgIpc) is 2.71. The van der Waals surface area contributed by atoms with Crippen LogP contribution in [0.1, 0.15) is 20.8 Å². The number of aromatic nitrogens is 1. The molecular formula is C12H7Cl2FN2O3. The van der Waals surface area contributed by atoms with Gasteiger partial charge in [0.05, 0.1) is 16.3 Å². The number of carbonyl (C=O) groups excluding carboxylic acids is 1. The molecular weight excluding hydrogens is 310 g/mol. The highest BCUT2D eigenvalue weighted by atomic mass is 35.5. The Morgan fingerprint density at radius 2 is 1.95 bits per heavy atom. The first-order valence-electron chi connectivity index (χ1n) is 5.26. The minimum Gasteiger partial charge on any atom is -0.478 e. The maximum atomic E-state index is 13.0. The number of amides is 1. The van der Waals surface area contributed by atoms with Gasteiger partial charge in [-0.25, -0.2) is 9.18 Å². The Bertz CT molecular complexity index is 681. The largest absolute Gasteiger partial charge is 0.478 e. The summed E-state index contributed by atoms with van der Waals surface area (Å²) < 4.78 is 13.0. The lowest BCUT2D eigenvalue weighted by Gasteiger charge is -2.07. The van der Waals surface area contributed by atoms with E-state index in [9.17, 15) is 14.0 Å². The fourth-order valence-electron chi connectivity index (χ4n) is 1.52. The zero-order valence-corrected chi connectivity index (χ0v) is 11.2. The van der Waals surface area contributed by atoms with Gasteiger partial charge in [0.2, 0.25) is 0 Å². The standard InChI is InChI=1S/C12H7Cl2FN2O3/c13-7-4-9(16-10(7)14)11(18)17-8-2-1-5(15)3-6(8)12(19)20/h1-4,16H,(H,17,18)(H,19,20). The Hall–Kier alpha value is -2.05. The van der Waals surface area contributed by atoms with E-state index in [1.165, 1.54) is 6.07 Å². The Balaban J connectivity index is 2.30. The van der Waals surface area contributed by atoms with E-state index in [-0.39, 0.29) is 27.1 Å². The van der Waals surface area contributed by atoms with Gasteiger partial charge in [0.1, 0.15) is 16.7 Å². The lowest BCUT2D eigenvalue weighted by Crippen LogP contribution is -2.15. The van der Waals surface area contributed by atoms with Gasteiger partial charge in [-0.3, -0.25) is 4.79 Å². The fourth-order valence-corrected chi connectivity index (χ4v) is 1.83. The van der Waals surface area contributed by atoms with Crippen molar-refractivity contribution >= 4 is 40.8 Å². The highest BCUT2D eigenvalue weighted by Gasteiger charge is 2.16. The molecule has 20 heavy (non-hydrogen) atoms. The number of nitrogens with one attached hydrogen (secondary N) is 2. The number of H-pyrrole nitrogens is 1.